The molecule has 0 bridgehead atoms. The number of hydrogen-bond donors (Lipinski definition) is 3. The standard InChI is InChI=1S/C9H18N2O4/c1-3-6(9(13)14)4-11-8(12)7(10)5-15-2/h6-7H,3-5,10H2,1-2H3,(H,11,12)(H,13,14). The topological polar surface area (TPSA) is 102 Å². The Hall–Kier alpha value is -1.14. The lowest BCUT2D eigenvalue weighted by molar-refractivity contribution is -0.141. The molecule has 2 unspecified atom stereocenters. The Morgan fingerprint density at radius 3 is 2.53 bits per heavy atom. The number of aliphatic carboxylic acids is 1. The van der Waals surface area contributed by atoms with E-state index in [0.29, 0.717) is 6.42 Å². The summed E-state index contributed by atoms with van der Waals surface area (Å²) in [4.78, 5) is 21.9. The maximum atomic E-state index is 11.3. The third-order valence-electron chi connectivity index (χ3n) is 2.05. The highest BCUT2D eigenvalue weighted by atomic mass is 16.5. The Balaban J connectivity index is 3.92. The van der Waals surface area contributed by atoms with Crippen molar-refractivity contribution in [2.45, 2.75) is 19.4 Å². The van der Waals surface area contributed by atoms with Crippen LogP contribution in [0.5, 0.6) is 0 Å². The van der Waals surface area contributed by atoms with Crippen molar-refractivity contribution in [2.24, 2.45) is 11.7 Å². The van der Waals surface area contributed by atoms with Crippen molar-refractivity contribution < 1.29 is 19.4 Å². The maximum absolute atomic E-state index is 11.3. The van der Waals surface area contributed by atoms with E-state index < -0.39 is 23.8 Å². The molecule has 0 aliphatic carbocycles. The Bertz CT molecular complexity index is 220. The second kappa shape index (κ2) is 7.19. The van der Waals surface area contributed by atoms with Gasteiger partial charge >= 0.3 is 5.97 Å². The van der Waals surface area contributed by atoms with Crippen molar-refractivity contribution in [1.29, 1.82) is 0 Å². The summed E-state index contributed by atoms with van der Waals surface area (Å²) in [5, 5.41) is 11.2. The van der Waals surface area contributed by atoms with Gasteiger partial charge in [-0.3, -0.25) is 9.59 Å². The van der Waals surface area contributed by atoms with Crippen LogP contribution in [0, 0.1) is 5.92 Å². The molecule has 0 aromatic heterocycles. The first kappa shape index (κ1) is 13.9. The third-order valence-corrected chi connectivity index (χ3v) is 2.05. The molecule has 0 rings (SSSR count). The fraction of sp³-hybridized carbons (Fsp3) is 0.778. The van der Waals surface area contributed by atoms with Gasteiger partial charge in [-0.15, -0.1) is 0 Å². The molecule has 0 aliphatic heterocycles. The molecular formula is C9H18N2O4. The van der Waals surface area contributed by atoms with E-state index in [0.717, 1.165) is 0 Å². The summed E-state index contributed by atoms with van der Waals surface area (Å²) in [6.07, 6.45) is 0.467. The largest absolute Gasteiger partial charge is 0.481 e. The number of rotatable bonds is 7. The molecule has 6 nitrogen and oxygen atoms in total. The number of amides is 1. The first-order valence-corrected chi connectivity index (χ1v) is 4.77. The quantitative estimate of drug-likeness (QED) is 0.518. The molecule has 1 amide bonds. The van der Waals surface area contributed by atoms with Gasteiger partial charge in [0.15, 0.2) is 0 Å². The number of methoxy groups -OCH3 is 1. The third kappa shape index (κ3) is 5.34. The number of carbonyl (C=O) groups excluding carboxylic acids is 1. The molecule has 0 fully saturated rings. The summed E-state index contributed by atoms with van der Waals surface area (Å²) in [7, 11) is 1.44. The minimum absolute atomic E-state index is 0.0993. The van der Waals surface area contributed by atoms with E-state index in [1.54, 1.807) is 6.92 Å². The van der Waals surface area contributed by atoms with Gasteiger partial charge in [0.05, 0.1) is 12.5 Å². The monoisotopic (exact) mass is 218 g/mol. The zero-order valence-electron chi connectivity index (χ0n) is 9.03. The molecule has 4 N–H and O–H groups in total. The van der Waals surface area contributed by atoms with Gasteiger partial charge in [-0.1, -0.05) is 6.92 Å². The summed E-state index contributed by atoms with van der Waals surface area (Å²) in [5.41, 5.74) is 5.45. The van der Waals surface area contributed by atoms with Gasteiger partial charge < -0.3 is 20.9 Å². The molecule has 2 atom stereocenters. The van der Waals surface area contributed by atoms with Crippen LogP contribution in [0.2, 0.25) is 0 Å². The van der Waals surface area contributed by atoms with E-state index in [1.807, 2.05) is 0 Å². The Kier molecular flexibility index (Phi) is 6.64. The number of nitrogens with two attached hydrogens (primary N) is 1. The number of carboxylic acid groups (broad SMARTS) is 1. The molecule has 0 radical (unpaired) electrons. The van der Waals surface area contributed by atoms with E-state index in [4.69, 9.17) is 15.6 Å². The smallest absolute Gasteiger partial charge is 0.308 e. The minimum Gasteiger partial charge on any atom is -0.481 e. The number of ether oxygens (including phenoxy) is 1. The summed E-state index contributed by atoms with van der Waals surface area (Å²) < 4.78 is 4.70. The minimum atomic E-state index is -0.918. The lowest BCUT2D eigenvalue weighted by Gasteiger charge is -2.14. The summed E-state index contributed by atoms with van der Waals surface area (Å²) in [6.45, 7) is 1.97. The molecule has 0 heterocycles. The molecule has 0 aliphatic rings. The first-order valence-electron chi connectivity index (χ1n) is 4.77. The molecule has 6 heteroatoms. The van der Waals surface area contributed by atoms with Gasteiger partial charge in [0.1, 0.15) is 6.04 Å². The van der Waals surface area contributed by atoms with Gasteiger partial charge in [-0.2, -0.15) is 0 Å². The van der Waals surface area contributed by atoms with Crippen LogP contribution in [0.4, 0.5) is 0 Å². The number of carbonyl (C=O) groups is 2. The molecule has 0 spiro atoms. The van der Waals surface area contributed by atoms with Crippen LogP contribution in [0.25, 0.3) is 0 Å². The van der Waals surface area contributed by atoms with Crippen molar-refractivity contribution in [3.8, 4) is 0 Å². The molecule has 0 aromatic rings. The van der Waals surface area contributed by atoms with E-state index in [-0.39, 0.29) is 13.2 Å². The summed E-state index contributed by atoms with van der Waals surface area (Å²) >= 11 is 0. The summed E-state index contributed by atoms with van der Waals surface area (Å²) in [6, 6.07) is -0.749. The van der Waals surface area contributed by atoms with Crippen LogP contribution in [0.15, 0.2) is 0 Å². The highest BCUT2D eigenvalue weighted by Crippen LogP contribution is 2.00. The zero-order valence-corrected chi connectivity index (χ0v) is 9.03. The predicted molar refractivity (Wildman–Crippen MR) is 54.3 cm³/mol. The van der Waals surface area contributed by atoms with Crippen molar-refractivity contribution in [3.63, 3.8) is 0 Å². The molecule has 15 heavy (non-hydrogen) atoms. The van der Waals surface area contributed by atoms with Gasteiger partial charge in [0, 0.05) is 13.7 Å². The van der Waals surface area contributed by atoms with Crippen molar-refractivity contribution in [1.82, 2.24) is 5.32 Å². The SMILES string of the molecule is CCC(CNC(=O)C(N)COC)C(=O)O. The van der Waals surface area contributed by atoms with E-state index in [2.05, 4.69) is 5.32 Å². The molecule has 88 valence electrons. The number of carboxylic acids is 1. The normalized spacial score (nSPS) is 14.3. The van der Waals surface area contributed by atoms with E-state index >= 15 is 0 Å². The van der Waals surface area contributed by atoms with Crippen LogP contribution < -0.4 is 11.1 Å². The Morgan fingerprint density at radius 2 is 2.13 bits per heavy atom. The lowest BCUT2D eigenvalue weighted by Crippen LogP contribution is -2.45. The highest BCUT2D eigenvalue weighted by Gasteiger charge is 2.18. The van der Waals surface area contributed by atoms with E-state index in [1.165, 1.54) is 7.11 Å². The second-order valence-electron chi connectivity index (χ2n) is 3.25. The maximum Gasteiger partial charge on any atom is 0.308 e. The molecule has 0 saturated heterocycles. The van der Waals surface area contributed by atoms with Crippen LogP contribution in [-0.2, 0) is 14.3 Å². The Labute approximate surface area is 88.8 Å². The molecule has 0 aromatic carbocycles. The van der Waals surface area contributed by atoms with Crippen LogP contribution in [0.3, 0.4) is 0 Å². The van der Waals surface area contributed by atoms with Gasteiger partial charge in [-0.25, -0.2) is 0 Å². The highest BCUT2D eigenvalue weighted by molar-refractivity contribution is 5.82. The van der Waals surface area contributed by atoms with Gasteiger partial charge in [0.2, 0.25) is 5.91 Å². The second-order valence-corrected chi connectivity index (χ2v) is 3.25. The van der Waals surface area contributed by atoms with Crippen LogP contribution >= 0.6 is 0 Å². The first-order chi connectivity index (χ1) is 7.02. The van der Waals surface area contributed by atoms with Crippen molar-refractivity contribution in [2.75, 3.05) is 20.3 Å². The number of hydrogen-bond acceptors (Lipinski definition) is 4. The number of nitrogens with one attached hydrogen (secondary N) is 1. The van der Waals surface area contributed by atoms with Gasteiger partial charge in [-0.05, 0) is 6.42 Å². The Morgan fingerprint density at radius 1 is 1.53 bits per heavy atom. The van der Waals surface area contributed by atoms with Crippen molar-refractivity contribution in [3.05, 3.63) is 0 Å². The van der Waals surface area contributed by atoms with Gasteiger partial charge in [0.25, 0.3) is 0 Å². The molecule has 0 saturated carbocycles. The summed E-state index contributed by atoms with van der Waals surface area (Å²) in [5.74, 6) is -1.88. The fourth-order valence-corrected chi connectivity index (χ4v) is 1.02. The zero-order chi connectivity index (χ0) is 11.8. The lowest BCUT2D eigenvalue weighted by atomic mass is 10.1. The van der Waals surface area contributed by atoms with Crippen molar-refractivity contribution >= 4 is 11.9 Å². The van der Waals surface area contributed by atoms with Crippen LogP contribution in [0.1, 0.15) is 13.3 Å². The fourth-order valence-electron chi connectivity index (χ4n) is 1.02. The van der Waals surface area contributed by atoms with Crippen LogP contribution in [-0.4, -0.2) is 43.3 Å². The predicted octanol–water partition coefficient (Wildman–Crippen LogP) is -0.813. The molecular weight excluding hydrogens is 200 g/mol. The average Bonchev–Trinajstić information content (AvgIpc) is 2.18. The van der Waals surface area contributed by atoms with E-state index in [9.17, 15) is 9.59 Å². The average molecular weight is 218 g/mol.